The Bertz CT molecular complexity index is 650. The van der Waals surface area contributed by atoms with Gasteiger partial charge in [0.15, 0.2) is 6.29 Å². The molecule has 2 nitrogen and oxygen atoms in total. The molecule has 2 aromatic rings. The highest BCUT2D eigenvalue weighted by Crippen LogP contribution is 2.20. The van der Waals surface area contributed by atoms with Crippen LogP contribution in [0.2, 0.25) is 0 Å². The Morgan fingerprint density at radius 1 is 1.10 bits per heavy atom. The quantitative estimate of drug-likeness (QED) is 0.779. The first-order valence-electron chi connectivity index (χ1n) is 6.67. The Kier molecular flexibility index (Phi) is 4.71. The third-order valence-electron chi connectivity index (χ3n) is 3.66. The van der Waals surface area contributed by atoms with Crippen LogP contribution >= 0.6 is 15.9 Å². The molecule has 1 heterocycles. The van der Waals surface area contributed by atoms with E-state index in [0.29, 0.717) is 5.69 Å². The zero-order chi connectivity index (χ0) is 14.7. The average Bonchev–Trinajstić information content (AvgIpc) is 2.41. The monoisotopic (exact) mass is 331 g/mol. The number of aromatic nitrogens is 1. The van der Waals surface area contributed by atoms with Gasteiger partial charge in [0.25, 0.3) is 0 Å². The number of rotatable bonds is 4. The SMILES string of the molecule is Cc1cc(C)c(C)c(CCc2cc(Br)cnc2C=O)c1. The summed E-state index contributed by atoms with van der Waals surface area (Å²) in [6, 6.07) is 6.42. The summed E-state index contributed by atoms with van der Waals surface area (Å²) in [5.41, 5.74) is 6.82. The highest BCUT2D eigenvalue weighted by molar-refractivity contribution is 9.10. The Labute approximate surface area is 128 Å². The molecule has 0 aliphatic carbocycles. The van der Waals surface area contributed by atoms with Crippen LogP contribution in [-0.4, -0.2) is 11.3 Å². The van der Waals surface area contributed by atoms with E-state index in [-0.39, 0.29) is 0 Å². The minimum atomic E-state index is 0.537. The molecule has 0 unspecified atom stereocenters. The van der Waals surface area contributed by atoms with Crippen molar-refractivity contribution >= 4 is 22.2 Å². The normalized spacial score (nSPS) is 10.6. The summed E-state index contributed by atoms with van der Waals surface area (Å²) in [5.74, 6) is 0. The Balaban J connectivity index is 2.25. The summed E-state index contributed by atoms with van der Waals surface area (Å²) in [6.45, 7) is 6.42. The fourth-order valence-corrected chi connectivity index (χ4v) is 2.83. The molecule has 3 heteroatoms. The Morgan fingerprint density at radius 3 is 2.50 bits per heavy atom. The molecule has 0 N–H and O–H groups in total. The zero-order valence-electron chi connectivity index (χ0n) is 12.0. The maximum absolute atomic E-state index is 11.0. The molecule has 1 aromatic heterocycles. The topological polar surface area (TPSA) is 30.0 Å². The number of hydrogen-bond donors (Lipinski definition) is 0. The van der Waals surface area contributed by atoms with Gasteiger partial charge < -0.3 is 0 Å². The van der Waals surface area contributed by atoms with Crippen molar-refractivity contribution in [2.24, 2.45) is 0 Å². The van der Waals surface area contributed by atoms with Crippen LogP contribution in [0.15, 0.2) is 28.9 Å². The molecule has 0 bridgehead atoms. The van der Waals surface area contributed by atoms with Gasteiger partial charge in [-0.25, -0.2) is 0 Å². The van der Waals surface area contributed by atoms with E-state index in [9.17, 15) is 4.79 Å². The number of carbonyl (C=O) groups excluding carboxylic acids is 1. The van der Waals surface area contributed by atoms with E-state index in [1.54, 1.807) is 6.20 Å². The van der Waals surface area contributed by atoms with Crippen molar-refractivity contribution in [3.63, 3.8) is 0 Å². The van der Waals surface area contributed by atoms with Crippen LogP contribution in [0, 0.1) is 20.8 Å². The predicted molar refractivity (Wildman–Crippen MR) is 85.4 cm³/mol. The van der Waals surface area contributed by atoms with Crippen molar-refractivity contribution in [1.29, 1.82) is 0 Å². The summed E-state index contributed by atoms with van der Waals surface area (Å²) in [4.78, 5) is 15.2. The van der Waals surface area contributed by atoms with Crippen molar-refractivity contribution in [2.45, 2.75) is 33.6 Å². The maximum Gasteiger partial charge on any atom is 0.168 e. The van der Waals surface area contributed by atoms with Crippen molar-refractivity contribution in [3.8, 4) is 0 Å². The van der Waals surface area contributed by atoms with E-state index < -0.39 is 0 Å². The van der Waals surface area contributed by atoms with Gasteiger partial charge in [-0.1, -0.05) is 17.7 Å². The fraction of sp³-hybridized carbons (Fsp3) is 0.294. The lowest BCUT2D eigenvalue weighted by atomic mass is 9.95. The average molecular weight is 332 g/mol. The van der Waals surface area contributed by atoms with Crippen molar-refractivity contribution < 1.29 is 4.79 Å². The van der Waals surface area contributed by atoms with Crippen LogP contribution in [0.5, 0.6) is 0 Å². The van der Waals surface area contributed by atoms with E-state index in [4.69, 9.17) is 0 Å². The molecular weight excluding hydrogens is 314 g/mol. The number of pyridine rings is 1. The number of carbonyl (C=O) groups is 1. The lowest BCUT2D eigenvalue weighted by Crippen LogP contribution is -2.01. The molecule has 0 amide bonds. The number of aldehydes is 1. The van der Waals surface area contributed by atoms with E-state index >= 15 is 0 Å². The molecule has 1 aromatic carbocycles. The lowest BCUT2D eigenvalue weighted by molar-refractivity contribution is 0.111. The van der Waals surface area contributed by atoms with Gasteiger partial charge in [0.05, 0.1) is 0 Å². The number of benzene rings is 1. The molecule has 0 aliphatic heterocycles. The standard InChI is InChI=1S/C17H18BrNO/c1-11-6-12(2)13(3)14(7-11)4-5-15-8-16(18)9-19-17(15)10-20/h6-10H,4-5H2,1-3H3. The van der Waals surface area contributed by atoms with Gasteiger partial charge in [-0.3, -0.25) is 9.78 Å². The maximum atomic E-state index is 11.0. The first-order valence-corrected chi connectivity index (χ1v) is 7.47. The summed E-state index contributed by atoms with van der Waals surface area (Å²) in [6.07, 6.45) is 4.24. The number of aryl methyl sites for hydroxylation is 4. The largest absolute Gasteiger partial charge is 0.296 e. The van der Waals surface area contributed by atoms with Crippen LogP contribution in [0.1, 0.15) is 38.3 Å². The van der Waals surface area contributed by atoms with Gasteiger partial charge in [0.2, 0.25) is 0 Å². The summed E-state index contributed by atoms with van der Waals surface area (Å²) >= 11 is 3.41. The second-order valence-electron chi connectivity index (χ2n) is 5.18. The first kappa shape index (κ1) is 14.9. The van der Waals surface area contributed by atoms with E-state index in [1.807, 2.05) is 6.07 Å². The molecule has 0 saturated heterocycles. The summed E-state index contributed by atoms with van der Waals surface area (Å²) < 4.78 is 0.912. The molecule has 0 saturated carbocycles. The minimum absolute atomic E-state index is 0.537. The van der Waals surface area contributed by atoms with Gasteiger partial charge in [-0.05, 0) is 77.9 Å². The van der Waals surface area contributed by atoms with Gasteiger partial charge in [0, 0.05) is 10.7 Å². The Hall–Kier alpha value is -1.48. The number of nitrogens with zero attached hydrogens (tertiary/aromatic N) is 1. The fourth-order valence-electron chi connectivity index (χ4n) is 2.45. The molecule has 0 aliphatic rings. The molecule has 0 fully saturated rings. The van der Waals surface area contributed by atoms with E-state index in [1.165, 1.54) is 22.3 Å². The highest BCUT2D eigenvalue weighted by Gasteiger charge is 2.07. The van der Waals surface area contributed by atoms with E-state index in [2.05, 4.69) is 53.8 Å². The second-order valence-corrected chi connectivity index (χ2v) is 6.10. The molecule has 20 heavy (non-hydrogen) atoms. The Morgan fingerprint density at radius 2 is 1.80 bits per heavy atom. The lowest BCUT2D eigenvalue weighted by Gasteiger charge is -2.11. The third kappa shape index (κ3) is 3.34. The molecule has 0 atom stereocenters. The molecule has 2 rings (SSSR count). The summed E-state index contributed by atoms with van der Waals surface area (Å²) in [7, 11) is 0. The first-order chi connectivity index (χ1) is 9.51. The van der Waals surface area contributed by atoms with E-state index in [0.717, 1.165) is 29.2 Å². The van der Waals surface area contributed by atoms with Gasteiger partial charge >= 0.3 is 0 Å². The summed E-state index contributed by atoms with van der Waals surface area (Å²) in [5, 5.41) is 0. The second kappa shape index (κ2) is 6.31. The van der Waals surface area contributed by atoms with Crippen molar-refractivity contribution in [3.05, 3.63) is 62.4 Å². The van der Waals surface area contributed by atoms with Crippen LogP contribution in [0.4, 0.5) is 0 Å². The van der Waals surface area contributed by atoms with Crippen LogP contribution < -0.4 is 0 Å². The molecule has 0 radical (unpaired) electrons. The molecular formula is C17H18BrNO. The zero-order valence-corrected chi connectivity index (χ0v) is 13.6. The minimum Gasteiger partial charge on any atom is -0.296 e. The number of hydrogen-bond acceptors (Lipinski definition) is 2. The van der Waals surface area contributed by atoms with Gasteiger partial charge in [-0.15, -0.1) is 0 Å². The van der Waals surface area contributed by atoms with Crippen molar-refractivity contribution in [1.82, 2.24) is 4.98 Å². The number of halogens is 1. The third-order valence-corrected chi connectivity index (χ3v) is 4.10. The van der Waals surface area contributed by atoms with Gasteiger partial charge in [0.1, 0.15) is 5.69 Å². The van der Waals surface area contributed by atoms with Crippen molar-refractivity contribution in [2.75, 3.05) is 0 Å². The van der Waals surface area contributed by atoms with Crippen LogP contribution in [-0.2, 0) is 12.8 Å². The van der Waals surface area contributed by atoms with Crippen LogP contribution in [0.25, 0.3) is 0 Å². The highest BCUT2D eigenvalue weighted by atomic mass is 79.9. The van der Waals surface area contributed by atoms with Gasteiger partial charge in [-0.2, -0.15) is 0 Å². The van der Waals surface area contributed by atoms with Crippen LogP contribution in [0.3, 0.4) is 0 Å². The molecule has 0 spiro atoms. The predicted octanol–water partition coefficient (Wildman–Crippen LogP) is 4.37. The smallest absolute Gasteiger partial charge is 0.168 e. The molecule has 104 valence electrons.